The number of fused-ring (bicyclic) bond motifs is 1. The summed E-state index contributed by atoms with van der Waals surface area (Å²) in [6.07, 6.45) is 9.42. The van der Waals surface area contributed by atoms with E-state index in [9.17, 15) is 0 Å². The highest BCUT2D eigenvalue weighted by molar-refractivity contribution is 5.96. The van der Waals surface area contributed by atoms with E-state index >= 15 is 0 Å². The number of nitrogens with zero attached hydrogens (tertiary/aromatic N) is 3. The average molecular weight is 411 g/mol. The number of benzene rings is 2. The van der Waals surface area contributed by atoms with Gasteiger partial charge in [0.15, 0.2) is 0 Å². The molecule has 1 aliphatic rings. The van der Waals surface area contributed by atoms with Gasteiger partial charge in [0.1, 0.15) is 5.82 Å². The maximum Gasteiger partial charge on any atom is 0.221 e. The van der Waals surface area contributed by atoms with Gasteiger partial charge in [0.25, 0.3) is 0 Å². The van der Waals surface area contributed by atoms with Crippen molar-refractivity contribution in [2.45, 2.75) is 19.5 Å². The molecule has 0 radical (unpaired) electrons. The Kier molecular flexibility index (Phi) is 5.14. The summed E-state index contributed by atoms with van der Waals surface area (Å²) < 4.78 is 0. The molecule has 1 atom stereocenters. The Hall–Kier alpha value is -3.64. The van der Waals surface area contributed by atoms with Gasteiger partial charge in [-0.2, -0.15) is 4.98 Å². The molecule has 5 rings (SSSR count). The summed E-state index contributed by atoms with van der Waals surface area (Å²) in [5, 5.41) is 4.82. The Morgan fingerprint density at radius 1 is 1.06 bits per heavy atom. The second-order valence-corrected chi connectivity index (χ2v) is 7.81. The van der Waals surface area contributed by atoms with Gasteiger partial charge in [-0.05, 0) is 29.7 Å². The number of para-hydroxylation sites is 1. The zero-order valence-corrected chi connectivity index (χ0v) is 17.5. The van der Waals surface area contributed by atoms with Gasteiger partial charge in [0.05, 0.1) is 6.17 Å². The molecule has 0 amide bonds. The predicted molar refractivity (Wildman–Crippen MR) is 128 cm³/mol. The molecule has 3 heterocycles. The van der Waals surface area contributed by atoms with E-state index in [0.29, 0.717) is 0 Å². The number of hydrogen-bond acceptors (Lipinski definition) is 5. The van der Waals surface area contributed by atoms with Crippen LogP contribution < -0.4 is 11.1 Å². The van der Waals surface area contributed by atoms with Crippen LogP contribution in [0.25, 0.3) is 33.2 Å². The van der Waals surface area contributed by atoms with Gasteiger partial charge in [-0.3, -0.25) is 4.90 Å². The van der Waals surface area contributed by atoms with Crippen LogP contribution >= 0.6 is 0 Å². The molecule has 1 aliphatic heterocycles. The zero-order chi connectivity index (χ0) is 21.2. The van der Waals surface area contributed by atoms with Crippen molar-refractivity contribution in [1.82, 2.24) is 19.9 Å². The van der Waals surface area contributed by atoms with Gasteiger partial charge in [0.2, 0.25) is 5.95 Å². The number of nitrogen functional groups attached to an aromatic ring is 1. The van der Waals surface area contributed by atoms with Crippen molar-refractivity contribution < 1.29 is 0 Å². The van der Waals surface area contributed by atoms with Crippen LogP contribution in [0.5, 0.6) is 0 Å². The van der Waals surface area contributed by atoms with Gasteiger partial charge in [0, 0.05) is 47.5 Å². The minimum atomic E-state index is 0.180. The van der Waals surface area contributed by atoms with Gasteiger partial charge < -0.3 is 16.0 Å². The summed E-state index contributed by atoms with van der Waals surface area (Å²) in [6.45, 7) is 4.06. The van der Waals surface area contributed by atoms with Crippen molar-refractivity contribution in [3.63, 3.8) is 0 Å². The molecule has 0 saturated carbocycles. The number of hydrogen-bond donors (Lipinski definition) is 3. The quantitative estimate of drug-likeness (QED) is 0.394. The fourth-order valence-corrected chi connectivity index (χ4v) is 4.24. The lowest BCUT2D eigenvalue weighted by molar-refractivity contribution is 0.271. The minimum Gasteiger partial charge on any atom is -0.368 e. The Morgan fingerprint density at radius 3 is 2.65 bits per heavy atom. The van der Waals surface area contributed by atoms with E-state index < -0.39 is 0 Å². The van der Waals surface area contributed by atoms with Crippen LogP contribution in [0.15, 0.2) is 73.1 Å². The molecule has 0 fully saturated rings. The minimum absolute atomic E-state index is 0.180. The topological polar surface area (TPSA) is 82.9 Å². The van der Waals surface area contributed by atoms with E-state index in [1.807, 2.05) is 12.3 Å². The molecule has 1 unspecified atom stereocenters. The molecule has 0 aliphatic carbocycles. The second-order valence-electron chi connectivity index (χ2n) is 7.81. The van der Waals surface area contributed by atoms with Gasteiger partial charge in [-0.1, -0.05) is 55.5 Å². The highest BCUT2D eigenvalue weighted by atomic mass is 15.3. The second kappa shape index (κ2) is 8.24. The first-order valence-electron chi connectivity index (χ1n) is 10.7. The summed E-state index contributed by atoms with van der Waals surface area (Å²) in [4.78, 5) is 14.6. The molecule has 2 aromatic heterocycles. The van der Waals surface area contributed by atoms with Crippen LogP contribution in [-0.4, -0.2) is 39.1 Å². The van der Waals surface area contributed by atoms with E-state index in [0.717, 1.165) is 47.5 Å². The van der Waals surface area contributed by atoms with Gasteiger partial charge in [-0.25, -0.2) is 4.98 Å². The molecule has 6 nitrogen and oxygen atoms in total. The molecule has 2 aromatic carbocycles. The maximum atomic E-state index is 5.95. The van der Waals surface area contributed by atoms with Crippen molar-refractivity contribution >= 4 is 22.7 Å². The monoisotopic (exact) mass is 410 g/mol. The normalized spacial score (nSPS) is 14.9. The Labute approximate surface area is 181 Å². The zero-order valence-electron chi connectivity index (χ0n) is 17.5. The number of anilines is 2. The fraction of sp³-hybridized carbons (Fsp3) is 0.200. The van der Waals surface area contributed by atoms with Crippen molar-refractivity contribution in [3.8, 4) is 22.3 Å². The van der Waals surface area contributed by atoms with E-state index in [1.54, 1.807) is 0 Å². The maximum absolute atomic E-state index is 5.95. The molecule has 31 heavy (non-hydrogen) atoms. The number of aromatic nitrogens is 3. The van der Waals surface area contributed by atoms with E-state index in [2.05, 4.69) is 92.9 Å². The molecule has 0 spiro atoms. The fourth-order valence-electron chi connectivity index (χ4n) is 4.24. The first-order chi connectivity index (χ1) is 15.2. The third-order valence-electron chi connectivity index (χ3n) is 5.86. The third-order valence-corrected chi connectivity index (χ3v) is 5.86. The van der Waals surface area contributed by atoms with Crippen LogP contribution in [0.1, 0.15) is 13.3 Å². The Bertz CT molecular complexity index is 1230. The molecular weight excluding hydrogens is 384 g/mol. The van der Waals surface area contributed by atoms with Crippen LogP contribution in [0.3, 0.4) is 0 Å². The molecule has 156 valence electrons. The Balaban J connectivity index is 1.53. The van der Waals surface area contributed by atoms with Crippen LogP contribution in [0.4, 0.5) is 11.8 Å². The summed E-state index contributed by atoms with van der Waals surface area (Å²) in [5.74, 6) is 1.04. The van der Waals surface area contributed by atoms with Crippen molar-refractivity contribution in [2.24, 2.45) is 0 Å². The summed E-state index contributed by atoms with van der Waals surface area (Å²) in [5.41, 5.74) is 11.4. The van der Waals surface area contributed by atoms with E-state index in [-0.39, 0.29) is 12.1 Å². The smallest absolute Gasteiger partial charge is 0.221 e. The lowest BCUT2D eigenvalue weighted by Crippen LogP contribution is -2.39. The SMILES string of the molecule is CCC(Nc1nc(N)ncc1-c1cccc(-c2c[nH]c3ccccc23)c1)N1CC=CC1. The van der Waals surface area contributed by atoms with E-state index in [4.69, 9.17) is 5.73 Å². The van der Waals surface area contributed by atoms with Crippen LogP contribution in [-0.2, 0) is 0 Å². The molecular formula is C25H26N6. The van der Waals surface area contributed by atoms with E-state index in [1.165, 1.54) is 10.9 Å². The lowest BCUT2D eigenvalue weighted by atomic mass is 9.99. The number of H-pyrrole nitrogens is 1. The van der Waals surface area contributed by atoms with Crippen molar-refractivity contribution in [2.75, 3.05) is 24.1 Å². The van der Waals surface area contributed by atoms with Gasteiger partial charge in [-0.15, -0.1) is 0 Å². The number of rotatable bonds is 6. The third kappa shape index (κ3) is 3.78. The Morgan fingerprint density at radius 2 is 1.84 bits per heavy atom. The largest absolute Gasteiger partial charge is 0.368 e. The van der Waals surface area contributed by atoms with Crippen LogP contribution in [0.2, 0.25) is 0 Å². The summed E-state index contributed by atoms with van der Waals surface area (Å²) >= 11 is 0. The van der Waals surface area contributed by atoms with Crippen molar-refractivity contribution in [1.29, 1.82) is 0 Å². The predicted octanol–water partition coefficient (Wildman–Crippen LogP) is 4.89. The molecule has 0 bridgehead atoms. The average Bonchev–Trinajstić information content (AvgIpc) is 3.48. The molecule has 0 saturated heterocycles. The molecule has 4 aromatic rings. The highest BCUT2D eigenvalue weighted by Crippen LogP contribution is 2.34. The number of nitrogens with two attached hydrogens (primary N) is 1. The van der Waals surface area contributed by atoms with Crippen LogP contribution in [0, 0.1) is 0 Å². The number of aromatic amines is 1. The highest BCUT2D eigenvalue weighted by Gasteiger charge is 2.20. The van der Waals surface area contributed by atoms with Gasteiger partial charge >= 0.3 is 0 Å². The molecule has 4 N–H and O–H groups in total. The lowest BCUT2D eigenvalue weighted by Gasteiger charge is -2.28. The standard InChI is InChI=1S/C25H26N6/c1-2-23(31-12-5-6-13-31)29-24-21(16-28-25(26)30-24)18-9-7-8-17(14-18)20-15-27-22-11-4-3-10-19(20)22/h3-11,14-16,23,27H,2,12-13H2,1H3,(H3,26,28,29,30). The molecule has 6 heteroatoms. The van der Waals surface area contributed by atoms with Crippen molar-refractivity contribution in [3.05, 3.63) is 73.1 Å². The number of nitrogens with one attached hydrogen (secondary N) is 2. The summed E-state index contributed by atoms with van der Waals surface area (Å²) in [6, 6.07) is 16.8. The first kappa shape index (κ1) is 19.3. The summed E-state index contributed by atoms with van der Waals surface area (Å²) in [7, 11) is 0. The first-order valence-corrected chi connectivity index (χ1v) is 10.7.